The first-order chi connectivity index (χ1) is 24.6. The van der Waals surface area contributed by atoms with Crippen LogP contribution in [0.4, 0.5) is 0 Å². The van der Waals surface area contributed by atoms with Gasteiger partial charge < -0.3 is 23.8 Å². The summed E-state index contributed by atoms with van der Waals surface area (Å²) in [5, 5.41) is 9.57. The molecule has 51 heavy (non-hydrogen) atoms. The number of carboxylic acids is 1. The summed E-state index contributed by atoms with van der Waals surface area (Å²) in [4.78, 5) is 36.6. The first-order valence-electron chi connectivity index (χ1n) is 20.9. The summed E-state index contributed by atoms with van der Waals surface area (Å²) in [6, 6.07) is -0.619. The van der Waals surface area contributed by atoms with Gasteiger partial charge in [-0.2, -0.15) is 0 Å². The Morgan fingerprint density at radius 1 is 0.608 bits per heavy atom. The van der Waals surface area contributed by atoms with Gasteiger partial charge in [0.2, 0.25) is 0 Å². The van der Waals surface area contributed by atoms with E-state index in [0.29, 0.717) is 19.3 Å². The first-order valence-corrected chi connectivity index (χ1v) is 20.9. The van der Waals surface area contributed by atoms with Gasteiger partial charge >= 0.3 is 17.9 Å². The lowest BCUT2D eigenvalue weighted by Gasteiger charge is -2.31. The molecule has 0 radical (unpaired) electrons. The van der Waals surface area contributed by atoms with E-state index in [1.807, 2.05) is 33.3 Å². The second-order valence-electron chi connectivity index (χ2n) is 15.2. The number of likely N-dealkylation sites (N-methyl/N-ethyl adjacent to an activating group) is 1. The van der Waals surface area contributed by atoms with Crippen LogP contribution < -0.4 is 0 Å². The highest BCUT2D eigenvalue weighted by Crippen LogP contribution is 2.16. The van der Waals surface area contributed by atoms with E-state index in [2.05, 4.69) is 26.0 Å². The van der Waals surface area contributed by atoms with Crippen LogP contribution >= 0.6 is 0 Å². The van der Waals surface area contributed by atoms with Gasteiger partial charge in [-0.3, -0.25) is 9.59 Å². The average Bonchev–Trinajstić information content (AvgIpc) is 3.08. The summed E-state index contributed by atoms with van der Waals surface area (Å²) in [5.41, 5.74) is 0. The SMILES string of the molecule is CC/C=C/C/C=C/CCC(=O)OC(COCCC(C(=O)O)[N+](C)(C)C)COC(=O)CCCCCCCCCCCCCCCCCCCCCC. The maximum Gasteiger partial charge on any atom is 0.362 e. The minimum absolute atomic E-state index is 0.0411. The minimum Gasteiger partial charge on any atom is -0.477 e. The highest BCUT2D eigenvalue weighted by Gasteiger charge is 2.31. The number of ether oxygens (including phenoxy) is 3. The Morgan fingerprint density at radius 3 is 1.57 bits per heavy atom. The highest BCUT2D eigenvalue weighted by molar-refractivity contribution is 5.72. The van der Waals surface area contributed by atoms with Crippen molar-refractivity contribution in [2.75, 3.05) is 41.0 Å². The summed E-state index contributed by atoms with van der Waals surface area (Å²) >= 11 is 0. The summed E-state index contributed by atoms with van der Waals surface area (Å²) in [7, 11) is 5.50. The smallest absolute Gasteiger partial charge is 0.362 e. The normalized spacial score (nSPS) is 13.2. The fourth-order valence-electron chi connectivity index (χ4n) is 6.15. The molecule has 0 heterocycles. The lowest BCUT2D eigenvalue weighted by molar-refractivity contribution is -0.887. The molecule has 0 aliphatic rings. The highest BCUT2D eigenvalue weighted by atomic mass is 16.6. The van der Waals surface area contributed by atoms with Gasteiger partial charge in [0.05, 0.1) is 34.4 Å². The van der Waals surface area contributed by atoms with Crippen LogP contribution in [0.3, 0.4) is 0 Å². The van der Waals surface area contributed by atoms with E-state index in [9.17, 15) is 19.5 Å². The minimum atomic E-state index is -0.883. The molecule has 298 valence electrons. The molecular formula is C43H80NO7+. The van der Waals surface area contributed by atoms with Crippen LogP contribution in [0.25, 0.3) is 0 Å². The number of hydrogen-bond donors (Lipinski definition) is 1. The standard InChI is InChI=1S/C43H79NO7/c1-6-8-10-12-14-15-16-17-18-19-20-21-22-23-24-25-26-28-29-31-33-41(45)50-38-39(37-49-36-35-40(43(47)48)44(3,4)5)51-42(46)34-32-30-27-13-11-9-7-2/h9,11,27,30,39-40H,6-8,10,12-26,28-29,31-38H2,1-5H3/p+1/b11-9+,30-27+. The van der Waals surface area contributed by atoms with Crippen molar-refractivity contribution in [2.24, 2.45) is 0 Å². The zero-order valence-corrected chi connectivity index (χ0v) is 33.8. The van der Waals surface area contributed by atoms with Gasteiger partial charge in [0.15, 0.2) is 12.1 Å². The van der Waals surface area contributed by atoms with E-state index in [-0.39, 0.29) is 42.7 Å². The molecule has 0 saturated carbocycles. The van der Waals surface area contributed by atoms with Crippen LogP contribution in [0.5, 0.6) is 0 Å². The van der Waals surface area contributed by atoms with Gasteiger partial charge in [0, 0.05) is 19.3 Å². The van der Waals surface area contributed by atoms with Crippen molar-refractivity contribution in [3.63, 3.8) is 0 Å². The lowest BCUT2D eigenvalue weighted by Crippen LogP contribution is -2.50. The number of aliphatic carboxylic acids is 1. The van der Waals surface area contributed by atoms with Gasteiger partial charge in [-0.15, -0.1) is 0 Å². The number of carboxylic acid groups (broad SMARTS) is 1. The average molecular weight is 723 g/mol. The Hall–Kier alpha value is -2.19. The Bertz CT molecular complexity index is 895. The van der Waals surface area contributed by atoms with E-state index >= 15 is 0 Å². The number of hydrogen-bond acceptors (Lipinski definition) is 6. The molecule has 0 aromatic rings. The molecule has 8 nitrogen and oxygen atoms in total. The topological polar surface area (TPSA) is 99.1 Å². The van der Waals surface area contributed by atoms with E-state index in [1.165, 1.54) is 109 Å². The van der Waals surface area contributed by atoms with Gasteiger partial charge in [0.1, 0.15) is 6.61 Å². The third-order valence-corrected chi connectivity index (χ3v) is 9.38. The number of carbonyl (C=O) groups excluding carboxylic acids is 2. The zero-order chi connectivity index (χ0) is 37.8. The second-order valence-corrected chi connectivity index (χ2v) is 15.2. The van der Waals surface area contributed by atoms with Crippen LogP contribution in [0.2, 0.25) is 0 Å². The van der Waals surface area contributed by atoms with E-state index < -0.39 is 18.1 Å². The van der Waals surface area contributed by atoms with Crippen LogP contribution in [-0.4, -0.2) is 80.6 Å². The molecule has 8 heteroatoms. The molecule has 0 rings (SSSR count). The number of nitrogens with zero attached hydrogens (tertiary/aromatic N) is 1. The molecule has 0 bridgehead atoms. The molecule has 0 saturated heterocycles. The molecule has 0 aromatic heterocycles. The van der Waals surface area contributed by atoms with E-state index in [4.69, 9.17) is 14.2 Å². The van der Waals surface area contributed by atoms with Crippen molar-refractivity contribution in [3.05, 3.63) is 24.3 Å². The quantitative estimate of drug-likeness (QED) is 0.0295. The van der Waals surface area contributed by atoms with Gasteiger partial charge in [-0.25, -0.2) is 4.79 Å². The number of carbonyl (C=O) groups is 3. The van der Waals surface area contributed by atoms with Gasteiger partial charge in [-0.05, 0) is 25.7 Å². The van der Waals surface area contributed by atoms with E-state index in [0.717, 1.165) is 32.1 Å². The molecule has 0 aliphatic carbocycles. The van der Waals surface area contributed by atoms with Crippen LogP contribution in [0.1, 0.15) is 181 Å². The Labute approximate surface area is 313 Å². The molecule has 0 fully saturated rings. The summed E-state index contributed by atoms with van der Waals surface area (Å²) in [6.45, 7) is 4.53. The van der Waals surface area contributed by atoms with Crippen molar-refractivity contribution >= 4 is 17.9 Å². The zero-order valence-electron chi connectivity index (χ0n) is 33.8. The molecule has 1 N–H and O–H groups in total. The molecule has 0 aliphatic heterocycles. The Balaban J connectivity index is 4.16. The van der Waals surface area contributed by atoms with Crippen LogP contribution in [0.15, 0.2) is 24.3 Å². The van der Waals surface area contributed by atoms with Crippen molar-refractivity contribution < 1.29 is 38.2 Å². The maximum absolute atomic E-state index is 12.5. The van der Waals surface area contributed by atoms with Crippen molar-refractivity contribution in [3.8, 4) is 0 Å². The first kappa shape index (κ1) is 48.8. The number of quaternary nitrogens is 1. The molecule has 2 atom stereocenters. The van der Waals surface area contributed by atoms with Crippen molar-refractivity contribution in [1.82, 2.24) is 0 Å². The Morgan fingerprint density at radius 2 is 1.10 bits per heavy atom. The van der Waals surface area contributed by atoms with Gasteiger partial charge in [0.25, 0.3) is 0 Å². The monoisotopic (exact) mass is 723 g/mol. The predicted octanol–water partition coefficient (Wildman–Crippen LogP) is 10.9. The Kier molecular flexibility index (Phi) is 33.4. The predicted molar refractivity (Wildman–Crippen MR) is 211 cm³/mol. The number of unbranched alkanes of at least 4 members (excludes halogenated alkanes) is 19. The molecule has 0 aromatic carbocycles. The van der Waals surface area contributed by atoms with Crippen LogP contribution in [0, 0.1) is 0 Å². The number of esters is 2. The molecule has 2 unspecified atom stereocenters. The lowest BCUT2D eigenvalue weighted by atomic mass is 10.0. The van der Waals surface area contributed by atoms with Gasteiger partial charge in [-0.1, -0.05) is 160 Å². The summed E-state index contributed by atoms with van der Waals surface area (Å²) in [5.74, 6) is -1.55. The fourth-order valence-corrected chi connectivity index (χ4v) is 6.15. The third-order valence-electron chi connectivity index (χ3n) is 9.38. The number of allylic oxidation sites excluding steroid dienone is 4. The van der Waals surface area contributed by atoms with Crippen LogP contribution in [-0.2, 0) is 28.6 Å². The summed E-state index contributed by atoms with van der Waals surface area (Å²) in [6.07, 6.45) is 37.0. The van der Waals surface area contributed by atoms with Crippen molar-refractivity contribution in [2.45, 2.75) is 193 Å². The molecule has 0 amide bonds. The largest absolute Gasteiger partial charge is 0.477 e. The number of rotatable bonds is 37. The maximum atomic E-state index is 12.5. The third kappa shape index (κ3) is 33.4. The second kappa shape index (κ2) is 34.9. The fraction of sp³-hybridized carbons (Fsp3) is 0.837. The molecule has 0 spiro atoms. The van der Waals surface area contributed by atoms with Crippen molar-refractivity contribution in [1.29, 1.82) is 0 Å². The molecular weight excluding hydrogens is 642 g/mol. The van der Waals surface area contributed by atoms with E-state index in [1.54, 1.807) is 0 Å². The summed E-state index contributed by atoms with van der Waals surface area (Å²) < 4.78 is 17.1.